The molecule has 6 nitrogen and oxygen atoms in total. The van der Waals surface area contributed by atoms with Gasteiger partial charge in [-0.3, -0.25) is 4.79 Å². The van der Waals surface area contributed by atoms with E-state index in [1.165, 1.54) is 17.7 Å². The van der Waals surface area contributed by atoms with Gasteiger partial charge in [0.25, 0.3) is 5.91 Å². The van der Waals surface area contributed by atoms with Crippen LogP contribution < -0.4 is 0 Å². The van der Waals surface area contributed by atoms with Crippen LogP contribution in [0.2, 0.25) is 0 Å². The quantitative estimate of drug-likeness (QED) is 0.506. The molecule has 1 unspecified atom stereocenters. The van der Waals surface area contributed by atoms with Crippen molar-refractivity contribution >= 4 is 28.6 Å². The number of nitrogens with zero attached hydrogens (tertiary/aromatic N) is 5. The van der Waals surface area contributed by atoms with Crippen LogP contribution in [0.1, 0.15) is 29.0 Å². The first-order chi connectivity index (χ1) is 13.1. The smallest absolute Gasteiger partial charge is 0.273 e. The molecule has 27 heavy (non-hydrogen) atoms. The van der Waals surface area contributed by atoms with Crippen molar-refractivity contribution in [3.63, 3.8) is 0 Å². The lowest BCUT2D eigenvalue weighted by Crippen LogP contribution is -2.29. The molecule has 8 heteroatoms. The highest BCUT2D eigenvalue weighted by Crippen LogP contribution is 2.27. The number of aromatic nitrogens is 4. The van der Waals surface area contributed by atoms with Crippen LogP contribution in [0.3, 0.4) is 0 Å². The van der Waals surface area contributed by atoms with Gasteiger partial charge in [-0.15, -0.1) is 11.3 Å². The van der Waals surface area contributed by atoms with Crippen LogP contribution in [0.4, 0.5) is 0 Å². The maximum absolute atomic E-state index is 12.8. The summed E-state index contributed by atoms with van der Waals surface area (Å²) in [6.07, 6.45) is 3.16. The predicted octanol–water partition coefficient (Wildman–Crippen LogP) is 4.29. The van der Waals surface area contributed by atoms with Crippen LogP contribution in [-0.4, -0.2) is 37.6 Å². The first-order valence-corrected chi connectivity index (χ1v) is 10.2. The Balaban J connectivity index is 1.50. The highest BCUT2D eigenvalue weighted by Gasteiger charge is 2.21. The molecule has 0 aliphatic heterocycles. The van der Waals surface area contributed by atoms with E-state index in [0.29, 0.717) is 5.69 Å². The summed E-state index contributed by atoms with van der Waals surface area (Å²) >= 11 is 3.12. The Labute approximate surface area is 164 Å². The van der Waals surface area contributed by atoms with Crippen molar-refractivity contribution < 1.29 is 4.79 Å². The Morgan fingerprint density at radius 1 is 1.19 bits per heavy atom. The van der Waals surface area contributed by atoms with E-state index in [-0.39, 0.29) is 11.9 Å². The van der Waals surface area contributed by atoms with Crippen molar-refractivity contribution in [3.05, 3.63) is 70.4 Å². The highest BCUT2D eigenvalue weighted by atomic mass is 32.1. The van der Waals surface area contributed by atoms with E-state index >= 15 is 0 Å². The average molecular weight is 396 g/mol. The molecule has 0 fully saturated rings. The molecule has 1 aromatic carbocycles. The summed E-state index contributed by atoms with van der Waals surface area (Å²) in [5, 5.41) is 10.9. The summed E-state index contributed by atoms with van der Waals surface area (Å²) in [5.74, 6) is -0.0828. The van der Waals surface area contributed by atoms with Gasteiger partial charge in [-0.25, -0.2) is 14.6 Å². The van der Waals surface area contributed by atoms with Gasteiger partial charge < -0.3 is 4.90 Å². The van der Waals surface area contributed by atoms with Crippen molar-refractivity contribution in [2.24, 2.45) is 0 Å². The number of benzene rings is 1. The summed E-state index contributed by atoms with van der Waals surface area (Å²) in [7, 11) is 1.81. The van der Waals surface area contributed by atoms with E-state index < -0.39 is 0 Å². The molecule has 0 spiro atoms. The minimum Gasteiger partial charge on any atom is -0.334 e. The van der Waals surface area contributed by atoms with E-state index in [1.807, 2.05) is 60.4 Å². The van der Waals surface area contributed by atoms with Gasteiger partial charge in [-0.2, -0.15) is 16.4 Å². The van der Waals surface area contributed by atoms with Crippen LogP contribution in [0.25, 0.3) is 16.3 Å². The first kappa shape index (κ1) is 17.6. The molecule has 0 radical (unpaired) electrons. The lowest BCUT2D eigenvalue weighted by molar-refractivity contribution is 0.0737. The SMILES string of the molecule is CC(c1ccc(-n2cncn2)cc1)N(C)C(=O)c1csc(-c2ccsc2)n1. The third-order valence-corrected chi connectivity index (χ3v) is 6.03. The molecule has 0 aliphatic carbocycles. The van der Waals surface area contributed by atoms with E-state index in [0.717, 1.165) is 21.8 Å². The third kappa shape index (κ3) is 3.54. The van der Waals surface area contributed by atoms with Gasteiger partial charge >= 0.3 is 0 Å². The fraction of sp³-hybridized carbons (Fsp3) is 0.158. The Morgan fingerprint density at radius 3 is 2.67 bits per heavy atom. The van der Waals surface area contributed by atoms with Crippen LogP contribution in [0, 0.1) is 0 Å². The van der Waals surface area contributed by atoms with Crippen LogP contribution in [-0.2, 0) is 0 Å². The molecule has 1 atom stereocenters. The number of thiazole rings is 1. The van der Waals surface area contributed by atoms with E-state index in [1.54, 1.807) is 27.2 Å². The second-order valence-corrected chi connectivity index (χ2v) is 7.71. The number of carbonyl (C=O) groups excluding carboxylic acids is 1. The normalized spacial score (nSPS) is 12.1. The minimum absolute atomic E-state index is 0.0754. The molecule has 0 bridgehead atoms. The van der Waals surface area contributed by atoms with Gasteiger partial charge in [0.15, 0.2) is 0 Å². The van der Waals surface area contributed by atoms with Crippen LogP contribution >= 0.6 is 22.7 Å². The molecular formula is C19H17N5OS2. The van der Waals surface area contributed by atoms with Crippen molar-refractivity contribution in [1.82, 2.24) is 24.6 Å². The Kier molecular flexibility index (Phi) is 4.83. The summed E-state index contributed by atoms with van der Waals surface area (Å²) in [4.78, 5) is 23.0. The van der Waals surface area contributed by atoms with E-state index in [2.05, 4.69) is 15.1 Å². The molecule has 0 saturated heterocycles. The van der Waals surface area contributed by atoms with Gasteiger partial charge in [0.2, 0.25) is 0 Å². The van der Waals surface area contributed by atoms with Crippen LogP contribution in [0.5, 0.6) is 0 Å². The maximum atomic E-state index is 12.8. The molecule has 3 heterocycles. The summed E-state index contributed by atoms with van der Waals surface area (Å²) in [6.45, 7) is 2.01. The number of carbonyl (C=O) groups is 1. The number of thiophene rings is 1. The number of hydrogen-bond acceptors (Lipinski definition) is 6. The van der Waals surface area contributed by atoms with Crippen LogP contribution in [0.15, 0.2) is 59.1 Å². The monoisotopic (exact) mass is 395 g/mol. The van der Waals surface area contributed by atoms with Crippen molar-refractivity contribution in [2.45, 2.75) is 13.0 Å². The topological polar surface area (TPSA) is 63.9 Å². The van der Waals surface area contributed by atoms with E-state index in [4.69, 9.17) is 0 Å². The largest absolute Gasteiger partial charge is 0.334 e. The molecule has 136 valence electrons. The maximum Gasteiger partial charge on any atom is 0.273 e. The van der Waals surface area contributed by atoms with Gasteiger partial charge in [0.1, 0.15) is 23.4 Å². The summed E-state index contributed by atoms with van der Waals surface area (Å²) in [6, 6.07) is 9.88. The fourth-order valence-corrected chi connectivity index (χ4v) is 4.22. The van der Waals surface area contributed by atoms with Crippen molar-refractivity contribution in [3.8, 4) is 16.3 Å². The standard InChI is InChI=1S/C19H17N5OS2/c1-13(14-3-5-16(6-4-14)24-12-20-11-21-24)23(2)19(25)17-10-27-18(22-17)15-7-8-26-9-15/h3-13H,1-2H3. The van der Waals surface area contributed by atoms with E-state index in [9.17, 15) is 4.79 Å². The Hall–Kier alpha value is -2.84. The van der Waals surface area contributed by atoms with Gasteiger partial charge in [-0.05, 0) is 36.1 Å². The Morgan fingerprint density at radius 2 is 2.00 bits per heavy atom. The second kappa shape index (κ2) is 7.42. The molecule has 1 amide bonds. The zero-order valence-corrected chi connectivity index (χ0v) is 16.4. The fourth-order valence-electron chi connectivity index (χ4n) is 2.72. The minimum atomic E-state index is -0.0828. The van der Waals surface area contributed by atoms with Gasteiger partial charge in [0.05, 0.1) is 11.7 Å². The van der Waals surface area contributed by atoms with Gasteiger partial charge in [-0.1, -0.05) is 12.1 Å². The van der Waals surface area contributed by atoms with Gasteiger partial charge in [0, 0.05) is 23.4 Å². The zero-order chi connectivity index (χ0) is 18.8. The number of rotatable bonds is 5. The lowest BCUT2D eigenvalue weighted by atomic mass is 10.1. The average Bonchev–Trinajstić information content (AvgIpc) is 3.47. The Bertz CT molecular complexity index is 1020. The second-order valence-electron chi connectivity index (χ2n) is 6.07. The lowest BCUT2D eigenvalue weighted by Gasteiger charge is -2.24. The summed E-state index contributed by atoms with van der Waals surface area (Å²) < 4.78 is 1.70. The number of amides is 1. The molecular weight excluding hydrogens is 378 g/mol. The molecule has 4 rings (SSSR count). The zero-order valence-electron chi connectivity index (χ0n) is 14.8. The number of hydrogen-bond donors (Lipinski definition) is 0. The summed E-state index contributed by atoms with van der Waals surface area (Å²) in [5.41, 5.74) is 3.51. The molecule has 0 aliphatic rings. The molecule has 4 aromatic rings. The predicted molar refractivity (Wildman–Crippen MR) is 107 cm³/mol. The molecule has 0 saturated carbocycles. The molecule has 3 aromatic heterocycles. The first-order valence-electron chi connectivity index (χ1n) is 8.33. The highest BCUT2D eigenvalue weighted by molar-refractivity contribution is 7.14. The molecule has 0 N–H and O–H groups in total. The van der Waals surface area contributed by atoms with Crippen molar-refractivity contribution in [2.75, 3.05) is 7.05 Å². The third-order valence-electron chi connectivity index (χ3n) is 4.45. The van der Waals surface area contributed by atoms with Crippen molar-refractivity contribution in [1.29, 1.82) is 0 Å².